The largest absolute Gasteiger partial charge is 0.377 e. The Kier molecular flexibility index (Phi) is 5.08. The molecule has 1 N–H and O–H groups in total. The maximum atomic E-state index is 12.7. The molecule has 0 aromatic heterocycles. The lowest BCUT2D eigenvalue weighted by molar-refractivity contribution is -0.141. The van der Waals surface area contributed by atoms with Gasteiger partial charge in [0.25, 0.3) is 5.91 Å². The summed E-state index contributed by atoms with van der Waals surface area (Å²) in [7, 11) is 0. The number of piperidine rings is 1. The third-order valence-electron chi connectivity index (χ3n) is 5.38. The van der Waals surface area contributed by atoms with Gasteiger partial charge in [-0.3, -0.25) is 14.5 Å². The lowest BCUT2D eigenvalue weighted by Crippen LogP contribution is -2.50. The molecule has 134 valence electrons. The van der Waals surface area contributed by atoms with E-state index in [1.807, 2.05) is 6.92 Å². The van der Waals surface area contributed by atoms with Crippen molar-refractivity contribution in [3.8, 4) is 0 Å². The van der Waals surface area contributed by atoms with Gasteiger partial charge in [0.1, 0.15) is 12.1 Å². The van der Waals surface area contributed by atoms with Crippen LogP contribution < -0.4 is 5.32 Å². The Labute approximate surface area is 142 Å². The number of rotatable bonds is 4. The van der Waals surface area contributed by atoms with Gasteiger partial charge in [0.05, 0.1) is 6.10 Å². The maximum Gasteiger partial charge on any atom is 0.325 e. The Balaban J connectivity index is 1.61. The number of carbonyl (C=O) groups is 3. The first-order valence-corrected chi connectivity index (χ1v) is 9.09. The number of urea groups is 1. The number of ether oxygens (including phenoxy) is 1. The van der Waals surface area contributed by atoms with Crippen molar-refractivity contribution in [3.05, 3.63) is 0 Å². The van der Waals surface area contributed by atoms with Gasteiger partial charge in [-0.05, 0) is 32.6 Å². The van der Waals surface area contributed by atoms with E-state index in [1.165, 1.54) is 0 Å². The van der Waals surface area contributed by atoms with Gasteiger partial charge in [-0.15, -0.1) is 0 Å². The average molecular weight is 337 g/mol. The topological polar surface area (TPSA) is 79.0 Å². The number of nitrogens with one attached hydrogen (secondary N) is 1. The molecule has 7 nitrogen and oxygen atoms in total. The smallest absolute Gasteiger partial charge is 0.325 e. The van der Waals surface area contributed by atoms with Gasteiger partial charge in [0.15, 0.2) is 0 Å². The molecule has 1 atom stereocenters. The lowest BCUT2D eigenvalue weighted by atomic mass is 9.82. The third kappa shape index (κ3) is 3.27. The van der Waals surface area contributed by atoms with Crippen molar-refractivity contribution < 1.29 is 19.1 Å². The summed E-state index contributed by atoms with van der Waals surface area (Å²) in [4.78, 5) is 40.4. The summed E-state index contributed by atoms with van der Waals surface area (Å²) in [5.74, 6) is -0.394. The Bertz CT molecular complexity index is 514. The highest BCUT2D eigenvalue weighted by Gasteiger charge is 2.51. The van der Waals surface area contributed by atoms with Crippen LogP contribution >= 0.6 is 0 Å². The van der Waals surface area contributed by atoms with Crippen LogP contribution in [0.2, 0.25) is 0 Å². The molecule has 2 heterocycles. The molecule has 3 rings (SSSR count). The number of imide groups is 1. The second kappa shape index (κ2) is 7.09. The zero-order valence-electron chi connectivity index (χ0n) is 14.4. The van der Waals surface area contributed by atoms with E-state index in [0.717, 1.165) is 37.0 Å². The van der Waals surface area contributed by atoms with E-state index in [-0.39, 0.29) is 24.5 Å². The van der Waals surface area contributed by atoms with Crippen LogP contribution in [-0.4, -0.2) is 65.5 Å². The standard InChI is InChI=1S/C17H27N3O4/c1-2-24-13-7-6-10-19(11-13)14(21)12-20-15(22)17(18-16(20)23)8-4-3-5-9-17/h13H,2-12H2,1H3,(H,18,23)/t13-/m1/s1. The lowest BCUT2D eigenvalue weighted by Gasteiger charge is -2.33. The first kappa shape index (κ1) is 17.2. The molecule has 3 aliphatic rings. The maximum absolute atomic E-state index is 12.7. The summed E-state index contributed by atoms with van der Waals surface area (Å²) in [6.45, 7) is 3.61. The monoisotopic (exact) mass is 337 g/mol. The SMILES string of the molecule is CCO[C@@H]1CCCN(C(=O)CN2C(=O)NC3(CCCCC3)C2=O)C1. The highest BCUT2D eigenvalue weighted by molar-refractivity contribution is 6.09. The van der Waals surface area contributed by atoms with E-state index in [0.29, 0.717) is 32.5 Å². The van der Waals surface area contributed by atoms with Crippen LogP contribution in [0.3, 0.4) is 0 Å². The number of likely N-dealkylation sites (tertiary alicyclic amines) is 1. The highest BCUT2D eigenvalue weighted by Crippen LogP contribution is 2.33. The van der Waals surface area contributed by atoms with Crippen molar-refractivity contribution in [1.82, 2.24) is 15.1 Å². The van der Waals surface area contributed by atoms with Gasteiger partial charge in [-0.2, -0.15) is 0 Å². The van der Waals surface area contributed by atoms with Gasteiger partial charge in [-0.25, -0.2) is 4.79 Å². The summed E-state index contributed by atoms with van der Waals surface area (Å²) in [6.07, 6.45) is 6.23. The summed E-state index contributed by atoms with van der Waals surface area (Å²) in [5.41, 5.74) is -0.759. The van der Waals surface area contributed by atoms with Crippen LogP contribution in [-0.2, 0) is 14.3 Å². The molecule has 7 heteroatoms. The minimum atomic E-state index is -0.759. The Morgan fingerprint density at radius 3 is 2.71 bits per heavy atom. The summed E-state index contributed by atoms with van der Waals surface area (Å²) in [5, 5.41) is 2.85. The normalized spacial score (nSPS) is 26.8. The molecule has 4 amide bonds. The molecule has 2 saturated heterocycles. The molecule has 1 spiro atoms. The van der Waals surface area contributed by atoms with Crippen LogP contribution in [0.15, 0.2) is 0 Å². The molecule has 0 unspecified atom stereocenters. The van der Waals surface area contributed by atoms with Crippen molar-refractivity contribution >= 4 is 17.8 Å². The minimum absolute atomic E-state index is 0.0560. The highest BCUT2D eigenvalue weighted by atomic mass is 16.5. The first-order chi connectivity index (χ1) is 11.6. The summed E-state index contributed by atoms with van der Waals surface area (Å²) >= 11 is 0. The van der Waals surface area contributed by atoms with Gasteiger partial charge in [0, 0.05) is 19.7 Å². The van der Waals surface area contributed by atoms with Crippen LogP contribution in [0.25, 0.3) is 0 Å². The molecule has 1 aliphatic carbocycles. The van der Waals surface area contributed by atoms with E-state index in [1.54, 1.807) is 4.90 Å². The van der Waals surface area contributed by atoms with Gasteiger partial charge in [0.2, 0.25) is 5.91 Å². The molecular formula is C17H27N3O4. The second-order valence-corrected chi connectivity index (χ2v) is 7.02. The molecule has 0 aromatic rings. The van der Waals surface area contributed by atoms with E-state index >= 15 is 0 Å². The fourth-order valence-corrected chi connectivity index (χ4v) is 4.09. The number of nitrogens with zero attached hydrogens (tertiary/aromatic N) is 2. The number of hydrogen-bond acceptors (Lipinski definition) is 4. The van der Waals surface area contributed by atoms with E-state index in [9.17, 15) is 14.4 Å². The Hall–Kier alpha value is -1.63. The predicted octanol–water partition coefficient (Wildman–Crippen LogP) is 1.27. The predicted molar refractivity (Wildman–Crippen MR) is 87.3 cm³/mol. The van der Waals surface area contributed by atoms with Gasteiger partial charge >= 0.3 is 6.03 Å². The molecule has 3 fully saturated rings. The van der Waals surface area contributed by atoms with Crippen LogP contribution in [0.1, 0.15) is 51.9 Å². The fraction of sp³-hybridized carbons (Fsp3) is 0.824. The molecule has 24 heavy (non-hydrogen) atoms. The minimum Gasteiger partial charge on any atom is -0.377 e. The van der Waals surface area contributed by atoms with Gasteiger partial charge in [-0.1, -0.05) is 19.3 Å². The molecule has 0 aromatic carbocycles. The van der Waals surface area contributed by atoms with Crippen molar-refractivity contribution in [2.45, 2.75) is 63.5 Å². The molecule has 2 aliphatic heterocycles. The number of amides is 4. The quantitative estimate of drug-likeness (QED) is 0.784. The summed E-state index contributed by atoms with van der Waals surface area (Å²) < 4.78 is 5.61. The molecule has 0 radical (unpaired) electrons. The zero-order valence-corrected chi connectivity index (χ0v) is 14.4. The van der Waals surface area contributed by atoms with Crippen LogP contribution in [0.5, 0.6) is 0 Å². The Morgan fingerprint density at radius 1 is 1.25 bits per heavy atom. The molecule has 0 bridgehead atoms. The average Bonchev–Trinajstić information content (AvgIpc) is 2.80. The van der Waals surface area contributed by atoms with Crippen molar-refractivity contribution in [2.75, 3.05) is 26.2 Å². The fourth-order valence-electron chi connectivity index (χ4n) is 4.09. The first-order valence-electron chi connectivity index (χ1n) is 9.09. The van der Waals surface area contributed by atoms with Crippen molar-refractivity contribution in [3.63, 3.8) is 0 Å². The van der Waals surface area contributed by atoms with Crippen LogP contribution in [0.4, 0.5) is 4.79 Å². The van der Waals surface area contributed by atoms with E-state index in [2.05, 4.69) is 5.32 Å². The van der Waals surface area contributed by atoms with Crippen molar-refractivity contribution in [1.29, 1.82) is 0 Å². The van der Waals surface area contributed by atoms with E-state index in [4.69, 9.17) is 4.74 Å². The van der Waals surface area contributed by atoms with Crippen LogP contribution in [0, 0.1) is 0 Å². The van der Waals surface area contributed by atoms with E-state index < -0.39 is 11.6 Å². The third-order valence-corrected chi connectivity index (χ3v) is 5.38. The number of hydrogen-bond donors (Lipinski definition) is 1. The van der Waals surface area contributed by atoms with Gasteiger partial charge < -0.3 is 15.0 Å². The molecular weight excluding hydrogens is 310 g/mol. The molecule has 1 saturated carbocycles. The Morgan fingerprint density at radius 2 is 2.00 bits per heavy atom. The summed E-state index contributed by atoms with van der Waals surface area (Å²) in [6, 6.07) is -0.423. The van der Waals surface area contributed by atoms with Crippen molar-refractivity contribution in [2.24, 2.45) is 0 Å². The zero-order chi connectivity index (χ0) is 17.2. The second-order valence-electron chi connectivity index (χ2n) is 7.02. The number of carbonyl (C=O) groups excluding carboxylic acids is 3.